The molecule has 1 aliphatic carbocycles. The maximum atomic E-state index is 13.6. The van der Waals surface area contributed by atoms with Crippen molar-refractivity contribution in [2.45, 2.75) is 76.2 Å². The fourth-order valence-electron chi connectivity index (χ4n) is 6.57. The second-order valence-corrected chi connectivity index (χ2v) is 12.7. The van der Waals surface area contributed by atoms with Gasteiger partial charge in [0.05, 0.1) is 18.8 Å². The second kappa shape index (κ2) is 12.1. The van der Waals surface area contributed by atoms with Gasteiger partial charge in [-0.2, -0.15) is 13.2 Å². The highest BCUT2D eigenvalue weighted by molar-refractivity contribution is 7.98. The molecular weight excluding hydrogens is 565 g/mol. The number of aromatic amines is 1. The van der Waals surface area contributed by atoms with Gasteiger partial charge in [0.25, 0.3) is 11.5 Å². The SMILES string of the molecule is CSc1cc(C)[nH]c(=O)c1CNC(=O)c1c(C)n([C@H](C)C2CCC(NCC3(C(F)(F)F)COC3)CC2)c2ccccc12. The van der Waals surface area contributed by atoms with Crippen molar-refractivity contribution < 1.29 is 22.7 Å². The van der Waals surface area contributed by atoms with Crippen molar-refractivity contribution in [2.24, 2.45) is 11.3 Å². The van der Waals surface area contributed by atoms with Crippen LogP contribution in [0.25, 0.3) is 10.9 Å². The van der Waals surface area contributed by atoms with Crippen LogP contribution in [0.3, 0.4) is 0 Å². The van der Waals surface area contributed by atoms with Gasteiger partial charge in [0.15, 0.2) is 0 Å². The van der Waals surface area contributed by atoms with Crippen molar-refractivity contribution in [3.8, 4) is 0 Å². The van der Waals surface area contributed by atoms with Crippen LogP contribution >= 0.6 is 11.8 Å². The van der Waals surface area contributed by atoms with E-state index < -0.39 is 11.6 Å². The zero-order valence-electron chi connectivity index (χ0n) is 24.5. The molecule has 0 spiro atoms. The molecule has 0 unspecified atom stereocenters. The molecule has 0 radical (unpaired) electrons. The molecular formula is C31H39F3N4O3S. The van der Waals surface area contributed by atoms with E-state index in [9.17, 15) is 22.8 Å². The van der Waals surface area contributed by atoms with Crippen LogP contribution in [-0.2, 0) is 11.3 Å². The highest BCUT2D eigenvalue weighted by Crippen LogP contribution is 2.44. The standard InChI is InChI=1S/C31H39F3N4O3S/c1-18-13-26(42-4)24(28(39)37-18)14-35-29(40)27-20(3)38(25-8-6-5-7-23(25)27)19(2)21-9-11-22(12-10-21)36-15-30(16-41-17-30)31(32,33)34/h5-8,13,19,21-22,36H,9-12,14-17H2,1-4H3,(H,35,40)(H,37,39)/t19-,21?,22?/m1/s1. The first-order valence-electron chi connectivity index (χ1n) is 14.5. The van der Waals surface area contributed by atoms with E-state index in [0.29, 0.717) is 17.0 Å². The van der Waals surface area contributed by atoms with E-state index in [1.807, 2.05) is 50.4 Å². The van der Waals surface area contributed by atoms with Gasteiger partial charge in [0.2, 0.25) is 0 Å². The number of hydrogen-bond donors (Lipinski definition) is 3. The van der Waals surface area contributed by atoms with Crippen molar-refractivity contribution in [3.63, 3.8) is 0 Å². The van der Waals surface area contributed by atoms with Crippen LogP contribution in [-0.4, -0.2) is 53.7 Å². The number of carbonyl (C=O) groups is 1. The van der Waals surface area contributed by atoms with Crippen LogP contribution < -0.4 is 16.2 Å². The zero-order chi connectivity index (χ0) is 30.2. The summed E-state index contributed by atoms with van der Waals surface area (Å²) in [6, 6.07) is 9.92. The minimum atomic E-state index is -4.27. The third-order valence-corrected chi connectivity index (χ3v) is 10.0. The molecule has 1 amide bonds. The van der Waals surface area contributed by atoms with Crippen LogP contribution in [0, 0.1) is 25.2 Å². The number of halogens is 3. The first-order valence-corrected chi connectivity index (χ1v) is 15.7. The number of ether oxygens (including phenoxy) is 1. The minimum Gasteiger partial charge on any atom is -0.379 e. The smallest absolute Gasteiger partial charge is 0.379 e. The number of pyridine rings is 1. The van der Waals surface area contributed by atoms with Gasteiger partial charge in [-0.05, 0) is 70.8 Å². The molecule has 1 saturated carbocycles. The van der Waals surface area contributed by atoms with Gasteiger partial charge in [-0.15, -0.1) is 11.8 Å². The van der Waals surface area contributed by atoms with Crippen molar-refractivity contribution in [2.75, 3.05) is 26.0 Å². The van der Waals surface area contributed by atoms with Gasteiger partial charge >= 0.3 is 6.18 Å². The van der Waals surface area contributed by atoms with E-state index in [-0.39, 0.29) is 49.9 Å². The third-order valence-electron chi connectivity index (χ3n) is 9.21. The van der Waals surface area contributed by atoms with Gasteiger partial charge in [-0.1, -0.05) is 18.2 Å². The molecule has 2 fully saturated rings. The van der Waals surface area contributed by atoms with E-state index in [4.69, 9.17) is 4.74 Å². The number of para-hydroxylation sites is 1. The van der Waals surface area contributed by atoms with Crippen molar-refractivity contribution in [3.05, 3.63) is 63.2 Å². The van der Waals surface area contributed by atoms with E-state index in [0.717, 1.165) is 52.9 Å². The molecule has 7 nitrogen and oxygen atoms in total. The monoisotopic (exact) mass is 604 g/mol. The molecule has 42 heavy (non-hydrogen) atoms. The number of carbonyl (C=O) groups excluding carboxylic acids is 1. The van der Waals surface area contributed by atoms with E-state index in [2.05, 4.69) is 27.1 Å². The molecule has 11 heteroatoms. The highest BCUT2D eigenvalue weighted by atomic mass is 32.2. The molecule has 1 aromatic carbocycles. The predicted octanol–water partition coefficient (Wildman–Crippen LogP) is 5.89. The molecule has 0 bridgehead atoms. The van der Waals surface area contributed by atoms with Crippen molar-refractivity contribution in [1.82, 2.24) is 20.2 Å². The lowest BCUT2D eigenvalue weighted by atomic mass is 9.80. The van der Waals surface area contributed by atoms with Gasteiger partial charge in [-0.25, -0.2) is 0 Å². The predicted molar refractivity (Wildman–Crippen MR) is 159 cm³/mol. The quantitative estimate of drug-likeness (QED) is 0.265. The fraction of sp³-hybridized carbons (Fsp3) is 0.548. The lowest BCUT2D eigenvalue weighted by Crippen LogP contribution is -2.60. The lowest BCUT2D eigenvalue weighted by Gasteiger charge is -2.44. The number of H-pyrrole nitrogens is 1. The topological polar surface area (TPSA) is 88.2 Å². The largest absolute Gasteiger partial charge is 0.400 e. The summed E-state index contributed by atoms with van der Waals surface area (Å²) >= 11 is 1.47. The Morgan fingerprint density at radius 2 is 1.88 bits per heavy atom. The Kier molecular flexibility index (Phi) is 8.83. The molecule has 1 saturated heterocycles. The summed E-state index contributed by atoms with van der Waals surface area (Å²) in [5.74, 6) is 0.0977. The summed E-state index contributed by atoms with van der Waals surface area (Å²) in [6.45, 7) is 5.44. The van der Waals surface area contributed by atoms with Gasteiger partial charge in [0, 0.05) is 57.9 Å². The summed E-state index contributed by atoms with van der Waals surface area (Å²) in [4.78, 5) is 29.9. The number of thioether (sulfide) groups is 1. The third kappa shape index (κ3) is 5.75. The number of hydrogen-bond acceptors (Lipinski definition) is 5. The average molecular weight is 605 g/mol. The lowest BCUT2D eigenvalue weighted by molar-refractivity contribution is -0.300. The molecule has 5 rings (SSSR count). The number of aryl methyl sites for hydroxylation is 1. The Bertz CT molecular complexity index is 1500. The Balaban J connectivity index is 1.29. The number of rotatable bonds is 9. The molecule has 3 N–H and O–H groups in total. The van der Waals surface area contributed by atoms with Crippen LogP contribution in [0.2, 0.25) is 0 Å². The highest BCUT2D eigenvalue weighted by Gasteiger charge is 2.59. The zero-order valence-corrected chi connectivity index (χ0v) is 25.3. The molecule has 2 aromatic heterocycles. The fourth-order valence-corrected chi connectivity index (χ4v) is 7.27. The van der Waals surface area contributed by atoms with Crippen LogP contribution in [0.4, 0.5) is 13.2 Å². The van der Waals surface area contributed by atoms with E-state index in [1.54, 1.807) is 0 Å². The van der Waals surface area contributed by atoms with E-state index >= 15 is 0 Å². The molecule has 3 aromatic rings. The maximum absolute atomic E-state index is 13.6. The Morgan fingerprint density at radius 1 is 1.19 bits per heavy atom. The minimum absolute atomic E-state index is 0.0493. The number of aromatic nitrogens is 2. The van der Waals surface area contributed by atoms with Crippen LogP contribution in [0.15, 0.2) is 40.0 Å². The number of nitrogens with one attached hydrogen (secondary N) is 3. The second-order valence-electron chi connectivity index (χ2n) is 11.9. The van der Waals surface area contributed by atoms with Crippen LogP contribution in [0.1, 0.15) is 66.0 Å². The number of fused-ring (bicyclic) bond motifs is 1. The van der Waals surface area contributed by atoms with Crippen molar-refractivity contribution >= 4 is 28.6 Å². The Morgan fingerprint density at radius 3 is 2.50 bits per heavy atom. The van der Waals surface area contributed by atoms with Gasteiger partial charge in [-0.3, -0.25) is 9.59 Å². The summed E-state index contributed by atoms with van der Waals surface area (Å²) in [5.41, 5.74) is 1.78. The number of benzene rings is 1. The van der Waals surface area contributed by atoms with Crippen molar-refractivity contribution in [1.29, 1.82) is 0 Å². The average Bonchev–Trinajstić information content (AvgIpc) is 3.22. The Labute approximate surface area is 248 Å². The first-order chi connectivity index (χ1) is 20.0. The summed E-state index contributed by atoms with van der Waals surface area (Å²) in [7, 11) is 0. The molecule has 228 valence electrons. The summed E-state index contributed by atoms with van der Waals surface area (Å²) in [6.07, 6.45) is 1.01. The molecule has 1 aliphatic heterocycles. The first kappa shape index (κ1) is 30.7. The summed E-state index contributed by atoms with van der Waals surface area (Å²) in [5, 5.41) is 7.03. The number of nitrogens with zero attached hydrogens (tertiary/aromatic N) is 1. The maximum Gasteiger partial charge on any atom is 0.400 e. The molecule has 3 heterocycles. The Hall–Kier alpha value is -2.76. The number of alkyl halides is 3. The van der Waals surface area contributed by atoms with Crippen LogP contribution in [0.5, 0.6) is 0 Å². The molecule has 1 atom stereocenters. The van der Waals surface area contributed by atoms with Gasteiger partial charge < -0.3 is 24.9 Å². The van der Waals surface area contributed by atoms with Gasteiger partial charge in [0.1, 0.15) is 5.41 Å². The number of amides is 1. The molecule has 2 aliphatic rings. The normalized spacial score (nSPS) is 21.2. The summed E-state index contributed by atoms with van der Waals surface area (Å²) < 4.78 is 47.7. The van der Waals surface area contributed by atoms with E-state index in [1.165, 1.54) is 11.8 Å².